The van der Waals surface area contributed by atoms with Gasteiger partial charge < -0.3 is 9.42 Å². The van der Waals surface area contributed by atoms with Crippen molar-refractivity contribution in [2.45, 2.75) is 18.0 Å². The standard InChI is InChI=1S/C5H6F7O2PS/c1-15(13,16)14-2-3(6,7)4(8,9)5(10,11)12/h2H2,1H3,(H,13,16). The molecule has 0 saturated carbocycles. The summed E-state index contributed by atoms with van der Waals surface area (Å²) in [6.45, 7) is -5.29. The Labute approximate surface area is 90.6 Å². The van der Waals surface area contributed by atoms with E-state index < -0.39 is 31.1 Å². The van der Waals surface area contributed by atoms with Crippen molar-refractivity contribution in [3.05, 3.63) is 0 Å². The maximum atomic E-state index is 12.5. The molecule has 0 amide bonds. The van der Waals surface area contributed by atoms with Gasteiger partial charge in [-0.05, 0) is 11.8 Å². The molecule has 1 unspecified atom stereocenters. The first-order chi connectivity index (χ1) is 6.71. The molecule has 1 N–H and O–H groups in total. The second-order valence-corrected chi connectivity index (χ2v) is 6.75. The SMILES string of the molecule is CP(O)(=S)OCC(F)(F)C(F)(F)C(F)(F)F. The van der Waals surface area contributed by atoms with E-state index in [9.17, 15) is 30.7 Å². The summed E-state index contributed by atoms with van der Waals surface area (Å²) in [6, 6.07) is 0. The van der Waals surface area contributed by atoms with Gasteiger partial charge in [-0.3, -0.25) is 0 Å². The highest BCUT2D eigenvalue weighted by Gasteiger charge is 2.73. The lowest BCUT2D eigenvalue weighted by Crippen LogP contribution is -2.54. The van der Waals surface area contributed by atoms with Crippen LogP contribution in [0.15, 0.2) is 0 Å². The molecule has 0 spiro atoms. The Hall–Kier alpha value is 0.0800. The van der Waals surface area contributed by atoms with Crippen LogP contribution >= 0.6 is 6.49 Å². The van der Waals surface area contributed by atoms with E-state index in [1.807, 2.05) is 0 Å². The summed E-state index contributed by atoms with van der Waals surface area (Å²) in [5, 5.41) is 0. The maximum Gasteiger partial charge on any atom is 0.459 e. The molecule has 0 saturated heterocycles. The molecule has 0 bridgehead atoms. The summed E-state index contributed by atoms with van der Waals surface area (Å²) in [4.78, 5) is 8.69. The van der Waals surface area contributed by atoms with Crippen LogP contribution in [0.4, 0.5) is 30.7 Å². The molecule has 11 heteroatoms. The van der Waals surface area contributed by atoms with Crippen LogP contribution in [0, 0.1) is 0 Å². The van der Waals surface area contributed by atoms with Crippen molar-refractivity contribution < 1.29 is 40.2 Å². The van der Waals surface area contributed by atoms with E-state index >= 15 is 0 Å². The summed E-state index contributed by atoms with van der Waals surface area (Å²) in [5.41, 5.74) is 0. The molecule has 1 atom stereocenters. The lowest BCUT2D eigenvalue weighted by atomic mass is 10.2. The highest BCUT2D eigenvalue weighted by molar-refractivity contribution is 8.09. The number of halogens is 7. The average molecular weight is 294 g/mol. The molecule has 0 aliphatic rings. The minimum atomic E-state index is -6.41. The number of rotatable bonds is 4. The van der Waals surface area contributed by atoms with Gasteiger partial charge >= 0.3 is 18.0 Å². The van der Waals surface area contributed by atoms with Gasteiger partial charge in [0, 0.05) is 6.66 Å². The van der Waals surface area contributed by atoms with Crippen molar-refractivity contribution in [2.24, 2.45) is 0 Å². The van der Waals surface area contributed by atoms with Crippen LogP contribution in [0.25, 0.3) is 0 Å². The summed E-state index contributed by atoms with van der Waals surface area (Å²) in [6.07, 6.45) is -6.41. The summed E-state index contributed by atoms with van der Waals surface area (Å²) in [7, 11) is 0. The van der Waals surface area contributed by atoms with E-state index in [1.54, 1.807) is 0 Å². The lowest BCUT2D eigenvalue weighted by molar-refractivity contribution is -0.358. The molecular formula is C5H6F7O2PS. The number of hydrogen-bond acceptors (Lipinski definition) is 2. The van der Waals surface area contributed by atoms with Gasteiger partial charge in [0.15, 0.2) is 6.49 Å². The van der Waals surface area contributed by atoms with Crippen molar-refractivity contribution in [3.8, 4) is 0 Å². The first kappa shape index (κ1) is 16.1. The molecular weight excluding hydrogens is 288 g/mol. The molecule has 98 valence electrons. The molecule has 0 rings (SSSR count). The van der Waals surface area contributed by atoms with E-state index in [0.717, 1.165) is 6.66 Å². The second-order valence-electron chi connectivity index (χ2n) is 2.85. The Morgan fingerprint density at radius 1 is 1.12 bits per heavy atom. The lowest BCUT2D eigenvalue weighted by Gasteiger charge is -2.28. The number of hydrogen-bond donors (Lipinski definition) is 1. The van der Waals surface area contributed by atoms with E-state index in [2.05, 4.69) is 16.3 Å². The molecule has 0 heterocycles. The molecule has 0 aromatic carbocycles. The quantitative estimate of drug-likeness (QED) is 0.638. The third kappa shape index (κ3) is 3.83. The highest BCUT2D eigenvalue weighted by atomic mass is 32.5. The van der Waals surface area contributed by atoms with Crippen LogP contribution in [0.5, 0.6) is 0 Å². The van der Waals surface area contributed by atoms with Crippen molar-refractivity contribution in [1.29, 1.82) is 0 Å². The second kappa shape index (κ2) is 4.40. The molecule has 0 aromatic rings. The van der Waals surface area contributed by atoms with Crippen LogP contribution in [0.2, 0.25) is 0 Å². The molecule has 0 fully saturated rings. The van der Waals surface area contributed by atoms with Gasteiger partial charge in [-0.2, -0.15) is 30.7 Å². The Morgan fingerprint density at radius 3 is 1.75 bits per heavy atom. The predicted octanol–water partition coefficient (Wildman–Crippen LogP) is 2.77. The summed E-state index contributed by atoms with van der Waals surface area (Å²) >= 11 is 4.05. The Bertz CT molecular complexity index is 296. The van der Waals surface area contributed by atoms with Crippen LogP contribution in [0.3, 0.4) is 0 Å². The van der Waals surface area contributed by atoms with E-state index in [0.29, 0.717) is 0 Å². The van der Waals surface area contributed by atoms with Gasteiger partial charge in [0.1, 0.15) is 6.61 Å². The Kier molecular flexibility index (Phi) is 4.42. The van der Waals surface area contributed by atoms with E-state index in [1.165, 1.54) is 0 Å². The molecule has 0 aliphatic heterocycles. The zero-order valence-electron chi connectivity index (χ0n) is 7.56. The van der Waals surface area contributed by atoms with Crippen LogP contribution in [-0.2, 0) is 16.3 Å². The van der Waals surface area contributed by atoms with Crippen LogP contribution in [-0.4, -0.2) is 36.2 Å². The zero-order chi connectivity index (χ0) is 13.4. The third-order valence-electron chi connectivity index (χ3n) is 1.30. The fourth-order valence-corrected chi connectivity index (χ4v) is 1.06. The van der Waals surface area contributed by atoms with Gasteiger partial charge in [-0.1, -0.05) is 0 Å². The van der Waals surface area contributed by atoms with E-state index in [4.69, 9.17) is 4.89 Å². The van der Waals surface area contributed by atoms with Crippen molar-refractivity contribution in [2.75, 3.05) is 13.3 Å². The fourth-order valence-electron chi connectivity index (χ4n) is 0.499. The van der Waals surface area contributed by atoms with Crippen molar-refractivity contribution in [3.63, 3.8) is 0 Å². The van der Waals surface area contributed by atoms with E-state index in [-0.39, 0.29) is 0 Å². The topological polar surface area (TPSA) is 29.5 Å². The van der Waals surface area contributed by atoms with Crippen molar-refractivity contribution >= 4 is 18.3 Å². The minimum absolute atomic E-state index is 0.740. The smallest absolute Gasteiger partial charge is 0.345 e. The maximum absolute atomic E-state index is 12.5. The van der Waals surface area contributed by atoms with Crippen LogP contribution in [0.1, 0.15) is 0 Å². The van der Waals surface area contributed by atoms with Crippen molar-refractivity contribution in [1.82, 2.24) is 0 Å². The van der Waals surface area contributed by atoms with Gasteiger partial charge in [0.05, 0.1) is 0 Å². The molecule has 2 nitrogen and oxygen atoms in total. The monoisotopic (exact) mass is 294 g/mol. The largest absolute Gasteiger partial charge is 0.459 e. The minimum Gasteiger partial charge on any atom is -0.345 e. The Morgan fingerprint density at radius 2 is 1.50 bits per heavy atom. The Balaban J connectivity index is 4.86. The number of alkyl halides is 7. The normalized spacial score (nSPS) is 18.3. The zero-order valence-corrected chi connectivity index (χ0v) is 9.27. The van der Waals surface area contributed by atoms with Gasteiger partial charge in [0.2, 0.25) is 0 Å². The molecule has 0 aliphatic carbocycles. The van der Waals surface area contributed by atoms with Crippen LogP contribution < -0.4 is 0 Å². The molecule has 0 aromatic heterocycles. The van der Waals surface area contributed by atoms with Gasteiger partial charge in [-0.15, -0.1) is 0 Å². The first-order valence-electron chi connectivity index (χ1n) is 3.48. The van der Waals surface area contributed by atoms with Gasteiger partial charge in [0.25, 0.3) is 0 Å². The third-order valence-corrected chi connectivity index (χ3v) is 2.23. The average Bonchev–Trinajstić information content (AvgIpc) is 1.97. The molecule has 0 radical (unpaired) electrons. The summed E-state index contributed by atoms with van der Waals surface area (Å²) < 4.78 is 87.9. The highest BCUT2D eigenvalue weighted by Crippen LogP contribution is 2.48. The fraction of sp³-hybridized carbons (Fsp3) is 1.00. The summed E-state index contributed by atoms with van der Waals surface area (Å²) in [5.74, 6) is -11.7. The molecule has 16 heavy (non-hydrogen) atoms. The first-order valence-corrected chi connectivity index (χ1v) is 6.60. The predicted molar refractivity (Wildman–Crippen MR) is 44.3 cm³/mol. The van der Waals surface area contributed by atoms with Gasteiger partial charge in [-0.25, -0.2) is 0 Å².